The lowest BCUT2D eigenvalue weighted by Gasteiger charge is -2.21. The Morgan fingerprint density at radius 3 is 2.48 bits per heavy atom. The number of halogens is 2. The minimum atomic E-state index is -0.590. The molecule has 1 heterocycles. The number of aromatic nitrogens is 1. The summed E-state index contributed by atoms with van der Waals surface area (Å²) < 4.78 is 14.7. The summed E-state index contributed by atoms with van der Waals surface area (Å²) in [7, 11) is 0. The third kappa shape index (κ3) is 4.42. The number of hydrogen-bond acceptors (Lipinski definition) is 3. The lowest BCUT2D eigenvalue weighted by molar-refractivity contribution is 0.317. The molecule has 0 saturated carbocycles. The first-order valence-corrected chi connectivity index (χ1v) is 9.43. The maximum atomic E-state index is 13.7. The fourth-order valence-electron chi connectivity index (χ4n) is 3.29. The maximum Gasteiger partial charge on any atom is 0.213 e. The van der Waals surface area contributed by atoms with Gasteiger partial charge in [0.2, 0.25) is 5.95 Å². The van der Waals surface area contributed by atoms with Crippen molar-refractivity contribution in [2.75, 3.05) is 0 Å². The van der Waals surface area contributed by atoms with Crippen molar-refractivity contribution < 1.29 is 9.60 Å². The largest absolute Gasteiger partial charge is 0.411 e. The number of benzene rings is 2. The fourth-order valence-corrected chi connectivity index (χ4v) is 3.55. The van der Waals surface area contributed by atoms with Gasteiger partial charge in [0, 0.05) is 34.6 Å². The van der Waals surface area contributed by atoms with Gasteiger partial charge in [0.15, 0.2) is 0 Å². The molecule has 0 spiro atoms. The van der Waals surface area contributed by atoms with Gasteiger partial charge in [0.05, 0.1) is 5.71 Å². The van der Waals surface area contributed by atoms with E-state index in [0.29, 0.717) is 17.7 Å². The van der Waals surface area contributed by atoms with Crippen LogP contribution in [0.15, 0.2) is 70.4 Å². The van der Waals surface area contributed by atoms with Gasteiger partial charge in [-0.2, -0.15) is 4.39 Å². The molecular formula is C22H20BrFN2O. The molecule has 27 heavy (non-hydrogen) atoms. The summed E-state index contributed by atoms with van der Waals surface area (Å²) in [6, 6.07) is 17.6. The van der Waals surface area contributed by atoms with Crippen LogP contribution < -0.4 is 0 Å². The van der Waals surface area contributed by atoms with E-state index in [1.54, 1.807) is 0 Å². The molecule has 2 aromatic carbocycles. The van der Waals surface area contributed by atoms with Crippen molar-refractivity contribution in [1.82, 2.24) is 4.98 Å². The van der Waals surface area contributed by atoms with Crippen LogP contribution in [-0.4, -0.2) is 15.9 Å². The van der Waals surface area contributed by atoms with Crippen LogP contribution in [0, 0.1) is 19.8 Å². The zero-order valence-electron chi connectivity index (χ0n) is 15.2. The van der Waals surface area contributed by atoms with Crippen molar-refractivity contribution in [1.29, 1.82) is 0 Å². The summed E-state index contributed by atoms with van der Waals surface area (Å²) in [6.07, 6.45) is 1.89. The van der Waals surface area contributed by atoms with E-state index in [4.69, 9.17) is 0 Å². The van der Waals surface area contributed by atoms with Gasteiger partial charge in [-0.25, -0.2) is 4.98 Å². The van der Waals surface area contributed by atoms with Crippen molar-refractivity contribution in [3.8, 4) is 0 Å². The predicted octanol–water partition coefficient (Wildman–Crippen LogP) is 6.00. The zero-order chi connectivity index (χ0) is 19.4. The second-order valence-electron chi connectivity index (χ2n) is 6.53. The highest BCUT2D eigenvalue weighted by Gasteiger charge is 2.21. The normalized spacial score (nSPS) is 12.8. The summed E-state index contributed by atoms with van der Waals surface area (Å²) in [6.45, 7) is 3.89. The first-order chi connectivity index (χ1) is 13.0. The van der Waals surface area contributed by atoms with E-state index in [1.807, 2.05) is 31.2 Å². The number of pyridine rings is 1. The number of oxime groups is 1. The fraction of sp³-hybridized carbons (Fsp3) is 0.182. The van der Waals surface area contributed by atoms with Crippen molar-refractivity contribution >= 4 is 21.6 Å². The minimum Gasteiger partial charge on any atom is -0.411 e. The highest BCUT2D eigenvalue weighted by atomic mass is 79.9. The van der Waals surface area contributed by atoms with Gasteiger partial charge in [-0.3, -0.25) is 0 Å². The Morgan fingerprint density at radius 2 is 1.81 bits per heavy atom. The standard InChI is InChI=1S/C22H20BrFN2O/c1-14-5-3-4-6-18(14)20(16-7-9-17(23)10-8-16)11-21(26-27)19-12-22(24)25-13-15(19)2/h3-10,12-13,20,27H,11H2,1-2H3. The molecule has 3 rings (SSSR count). The number of aryl methyl sites for hydroxylation is 2. The lowest BCUT2D eigenvalue weighted by atomic mass is 9.83. The van der Waals surface area contributed by atoms with Crippen LogP contribution in [0.3, 0.4) is 0 Å². The quantitative estimate of drug-likeness (QED) is 0.235. The molecule has 0 aliphatic carbocycles. The number of nitrogens with zero attached hydrogens (tertiary/aromatic N) is 2. The first kappa shape index (κ1) is 19.2. The van der Waals surface area contributed by atoms with Crippen LogP contribution in [0.1, 0.15) is 40.2 Å². The predicted molar refractivity (Wildman–Crippen MR) is 109 cm³/mol. The summed E-state index contributed by atoms with van der Waals surface area (Å²) in [5.74, 6) is -0.617. The summed E-state index contributed by atoms with van der Waals surface area (Å²) in [4.78, 5) is 3.67. The molecule has 1 unspecified atom stereocenters. The molecule has 0 saturated heterocycles. The van der Waals surface area contributed by atoms with E-state index in [9.17, 15) is 9.60 Å². The van der Waals surface area contributed by atoms with Crippen molar-refractivity contribution in [3.05, 3.63) is 99.0 Å². The van der Waals surface area contributed by atoms with Crippen LogP contribution in [0.2, 0.25) is 0 Å². The van der Waals surface area contributed by atoms with E-state index in [-0.39, 0.29) is 5.92 Å². The van der Waals surface area contributed by atoms with E-state index in [1.165, 1.54) is 12.3 Å². The molecule has 0 bridgehead atoms. The van der Waals surface area contributed by atoms with Crippen molar-refractivity contribution in [2.45, 2.75) is 26.2 Å². The topological polar surface area (TPSA) is 45.5 Å². The van der Waals surface area contributed by atoms with E-state index in [2.05, 4.69) is 57.3 Å². The van der Waals surface area contributed by atoms with E-state index in [0.717, 1.165) is 26.7 Å². The Labute approximate surface area is 166 Å². The lowest BCUT2D eigenvalue weighted by Crippen LogP contribution is -2.13. The average Bonchev–Trinajstić information content (AvgIpc) is 2.67. The molecule has 0 aliphatic rings. The molecule has 0 fully saturated rings. The van der Waals surface area contributed by atoms with E-state index >= 15 is 0 Å². The number of hydrogen-bond donors (Lipinski definition) is 1. The van der Waals surface area contributed by atoms with Gasteiger partial charge in [0.1, 0.15) is 0 Å². The van der Waals surface area contributed by atoms with E-state index < -0.39 is 5.95 Å². The van der Waals surface area contributed by atoms with Gasteiger partial charge in [-0.05, 0) is 48.2 Å². The van der Waals surface area contributed by atoms with Gasteiger partial charge in [-0.1, -0.05) is 57.5 Å². The molecule has 1 aromatic heterocycles. The third-order valence-corrected chi connectivity index (χ3v) is 5.26. The Balaban J connectivity index is 2.06. The molecular weight excluding hydrogens is 407 g/mol. The average molecular weight is 427 g/mol. The molecule has 1 N–H and O–H groups in total. The molecule has 3 aromatic rings. The summed E-state index contributed by atoms with van der Waals surface area (Å²) in [5.41, 5.74) is 5.17. The molecule has 3 nitrogen and oxygen atoms in total. The summed E-state index contributed by atoms with van der Waals surface area (Å²) >= 11 is 3.47. The Morgan fingerprint density at radius 1 is 1.11 bits per heavy atom. The van der Waals surface area contributed by atoms with Gasteiger partial charge >= 0.3 is 0 Å². The smallest absolute Gasteiger partial charge is 0.213 e. The van der Waals surface area contributed by atoms with Gasteiger partial charge < -0.3 is 5.21 Å². The zero-order valence-corrected chi connectivity index (χ0v) is 16.7. The molecule has 0 amide bonds. The highest BCUT2D eigenvalue weighted by molar-refractivity contribution is 9.10. The molecule has 138 valence electrons. The van der Waals surface area contributed by atoms with Crippen LogP contribution in [0.4, 0.5) is 4.39 Å². The van der Waals surface area contributed by atoms with Crippen molar-refractivity contribution in [2.24, 2.45) is 5.16 Å². The monoisotopic (exact) mass is 426 g/mol. The number of rotatable bonds is 5. The maximum absolute atomic E-state index is 13.7. The minimum absolute atomic E-state index is 0.0270. The Hall–Kier alpha value is -2.53. The Kier molecular flexibility index (Phi) is 6.01. The van der Waals surface area contributed by atoms with Crippen LogP contribution >= 0.6 is 15.9 Å². The van der Waals surface area contributed by atoms with Crippen LogP contribution in [0.5, 0.6) is 0 Å². The van der Waals surface area contributed by atoms with Crippen LogP contribution in [0.25, 0.3) is 0 Å². The van der Waals surface area contributed by atoms with Gasteiger partial charge in [0.25, 0.3) is 0 Å². The van der Waals surface area contributed by atoms with Gasteiger partial charge in [-0.15, -0.1) is 0 Å². The third-order valence-electron chi connectivity index (χ3n) is 4.74. The second kappa shape index (κ2) is 8.44. The van der Waals surface area contributed by atoms with Crippen molar-refractivity contribution in [3.63, 3.8) is 0 Å². The second-order valence-corrected chi connectivity index (χ2v) is 7.45. The molecule has 5 heteroatoms. The molecule has 0 aliphatic heterocycles. The first-order valence-electron chi connectivity index (χ1n) is 8.64. The molecule has 0 radical (unpaired) electrons. The Bertz CT molecular complexity index is 970. The SMILES string of the molecule is Cc1cnc(F)cc1C(CC(c1ccc(Br)cc1)c1ccccc1C)=NO. The van der Waals surface area contributed by atoms with Crippen LogP contribution in [-0.2, 0) is 0 Å². The molecule has 1 atom stereocenters. The highest BCUT2D eigenvalue weighted by Crippen LogP contribution is 2.33. The summed E-state index contributed by atoms with van der Waals surface area (Å²) in [5, 5.41) is 13.2.